The molecular formula is C18H27N3O. The molecule has 0 aliphatic heterocycles. The van der Waals surface area contributed by atoms with Gasteiger partial charge in [0.05, 0.1) is 12.7 Å². The number of unbranched alkanes of at least 4 members (excludes halogenated alkanes) is 1. The van der Waals surface area contributed by atoms with Crippen molar-refractivity contribution in [1.82, 2.24) is 10.2 Å². The summed E-state index contributed by atoms with van der Waals surface area (Å²) in [7, 11) is 4.33. The van der Waals surface area contributed by atoms with Crippen LogP contribution < -0.4 is 10.1 Å². The van der Waals surface area contributed by atoms with Crippen LogP contribution in [0.1, 0.15) is 31.2 Å². The maximum atomic E-state index is 8.51. The summed E-state index contributed by atoms with van der Waals surface area (Å²) in [6.07, 6.45) is 4.08. The Morgan fingerprint density at radius 2 is 2.23 bits per heavy atom. The third-order valence-electron chi connectivity index (χ3n) is 4.11. The van der Waals surface area contributed by atoms with Crippen LogP contribution in [0.15, 0.2) is 24.3 Å². The van der Waals surface area contributed by atoms with Crippen molar-refractivity contribution in [2.45, 2.75) is 38.3 Å². The summed E-state index contributed by atoms with van der Waals surface area (Å²) in [6, 6.07) is 11.0. The number of benzene rings is 1. The first kappa shape index (κ1) is 16.8. The zero-order valence-electron chi connectivity index (χ0n) is 13.7. The Bertz CT molecular complexity index is 489. The molecule has 0 radical (unpaired) electrons. The first-order valence-corrected chi connectivity index (χ1v) is 8.16. The zero-order chi connectivity index (χ0) is 15.8. The molecule has 1 aliphatic carbocycles. The first-order valence-electron chi connectivity index (χ1n) is 8.16. The molecule has 4 nitrogen and oxygen atoms in total. The van der Waals surface area contributed by atoms with Gasteiger partial charge in [-0.2, -0.15) is 5.26 Å². The molecule has 1 fully saturated rings. The topological polar surface area (TPSA) is 48.3 Å². The number of likely N-dealkylation sites (N-methyl/N-ethyl adjacent to an activating group) is 1. The Balaban J connectivity index is 1.74. The molecule has 1 unspecified atom stereocenters. The van der Waals surface area contributed by atoms with E-state index in [0.29, 0.717) is 19.1 Å². The Hall–Kier alpha value is -1.57. The Morgan fingerprint density at radius 1 is 1.41 bits per heavy atom. The molecule has 0 heterocycles. The van der Waals surface area contributed by atoms with Gasteiger partial charge in [-0.05, 0) is 57.0 Å². The molecule has 1 aromatic rings. The van der Waals surface area contributed by atoms with Crippen molar-refractivity contribution in [2.75, 3.05) is 27.2 Å². The lowest BCUT2D eigenvalue weighted by molar-refractivity contribution is 0.255. The monoisotopic (exact) mass is 301 g/mol. The van der Waals surface area contributed by atoms with Gasteiger partial charge in [-0.3, -0.25) is 0 Å². The molecule has 0 aromatic heterocycles. The van der Waals surface area contributed by atoms with Gasteiger partial charge < -0.3 is 15.0 Å². The van der Waals surface area contributed by atoms with E-state index in [0.717, 1.165) is 31.2 Å². The molecule has 1 aromatic carbocycles. The lowest BCUT2D eigenvalue weighted by atomic mass is 10.1. The van der Waals surface area contributed by atoms with Crippen LogP contribution in [0.4, 0.5) is 0 Å². The predicted molar refractivity (Wildman–Crippen MR) is 88.7 cm³/mol. The van der Waals surface area contributed by atoms with Crippen molar-refractivity contribution in [2.24, 2.45) is 5.92 Å². The third kappa shape index (κ3) is 5.67. The smallest absolute Gasteiger partial charge is 0.119 e. The van der Waals surface area contributed by atoms with E-state index in [-0.39, 0.29) is 0 Å². The minimum atomic E-state index is 0.550. The van der Waals surface area contributed by atoms with E-state index in [4.69, 9.17) is 10.00 Å². The fraction of sp³-hybridized carbons (Fsp3) is 0.611. The van der Waals surface area contributed by atoms with Gasteiger partial charge >= 0.3 is 0 Å². The SMILES string of the molecule is CN(C)C(CNCc1cccc(OCCCC#N)c1)C1CC1. The van der Waals surface area contributed by atoms with Crippen LogP contribution in [0.2, 0.25) is 0 Å². The standard InChI is InChI=1S/C18H27N3O/c1-21(2)18(16-8-9-16)14-20-13-15-6-5-7-17(12-15)22-11-4-3-10-19/h5-7,12,16,18,20H,3-4,8-9,11,13-14H2,1-2H3. The second-order valence-electron chi connectivity index (χ2n) is 6.26. The zero-order valence-corrected chi connectivity index (χ0v) is 13.7. The highest BCUT2D eigenvalue weighted by Crippen LogP contribution is 2.34. The highest BCUT2D eigenvalue weighted by Gasteiger charge is 2.31. The van der Waals surface area contributed by atoms with Crippen LogP contribution in [0.3, 0.4) is 0 Å². The predicted octanol–water partition coefficient (Wildman–Crippen LogP) is 2.80. The number of hydrogen-bond acceptors (Lipinski definition) is 4. The molecule has 0 saturated heterocycles. The summed E-state index contributed by atoms with van der Waals surface area (Å²) in [5, 5.41) is 12.1. The lowest BCUT2D eigenvalue weighted by Gasteiger charge is -2.24. The molecule has 1 N–H and O–H groups in total. The molecule has 0 bridgehead atoms. The minimum absolute atomic E-state index is 0.550. The molecule has 4 heteroatoms. The fourth-order valence-electron chi connectivity index (χ4n) is 2.70. The number of nitrogens with zero attached hydrogens (tertiary/aromatic N) is 2. The van der Waals surface area contributed by atoms with Crippen molar-refractivity contribution >= 4 is 0 Å². The van der Waals surface area contributed by atoms with Crippen LogP contribution in [0, 0.1) is 17.2 Å². The van der Waals surface area contributed by atoms with Gasteiger partial charge in [0.1, 0.15) is 5.75 Å². The Labute approximate surface area is 134 Å². The van der Waals surface area contributed by atoms with Crippen molar-refractivity contribution in [1.29, 1.82) is 5.26 Å². The molecule has 0 amide bonds. The number of ether oxygens (including phenoxy) is 1. The largest absolute Gasteiger partial charge is 0.494 e. The van der Waals surface area contributed by atoms with Gasteiger partial charge in [0, 0.05) is 25.6 Å². The van der Waals surface area contributed by atoms with Gasteiger partial charge in [0.2, 0.25) is 0 Å². The van der Waals surface area contributed by atoms with E-state index < -0.39 is 0 Å². The van der Waals surface area contributed by atoms with Crippen molar-refractivity contribution in [3.63, 3.8) is 0 Å². The van der Waals surface area contributed by atoms with Gasteiger partial charge in [-0.1, -0.05) is 12.1 Å². The summed E-state index contributed by atoms with van der Waals surface area (Å²) < 4.78 is 5.68. The third-order valence-corrected chi connectivity index (χ3v) is 4.11. The van der Waals surface area contributed by atoms with Gasteiger partial charge in [0.25, 0.3) is 0 Å². The molecule has 2 rings (SSSR count). The van der Waals surface area contributed by atoms with Crippen LogP contribution in [0.25, 0.3) is 0 Å². The van der Waals surface area contributed by atoms with Crippen LogP contribution >= 0.6 is 0 Å². The summed E-state index contributed by atoms with van der Waals surface area (Å²) in [5.74, 6) is 1.76. The highest BCUT2D eigenvalue weighted by atomic mass is 16.5. The molecule has 0 spiro atoms. The maximum Gasteiger partial charge on any atom is 0.119 e. The molecule has 1 saturated carbocycles. The molecule has 120 valence electrons. The van der Waals surface area contributed by atoms with E-state index in [1.54, 1.807) is 0 Å². The van der Waals surface area contributed by atoms with Crippen molar-refractivity contribution in [3.8, 4) is 11.8 Å². The lowest BCUT2D eigenvalue weighted by Crippen LogP contribution is -2.39. The Morgan fingerprint density at radius 3 is 2.91 bits per heavy atom. The number of hydrogen-bond donors (Lipinski definition) is 1. The van der Waals surface area contributed by atoms with Crippen LogP contribution in [-0.4, -0.2) is 38.2 Å². The molecule has 1 aliphatic rings. The van der Waals surface area contributed by atoms with Gasteiger partial charge in [0.15, 0.2) is 0 Å². The van der Waals surface area contributed by atoms with Crippen LogP contribution in [-0.2, 0) is 6.54 Å². The van der Waals surface area contributed by atoms with Gasteiger partial charge in [-0.25, -0.2) is 0 Å². The summed E-state index contributed by atoms with van der Waals surface area (Å²) in [4.78, 5) is 2.33. The Kier molecular flexibility index (Phi) is 6.70. The second kappa shape index (κ2) is 8.77. The van der Waals surface area contributed by atoms with Crippen LogP contribution in [0.5, 0.6) is 5.75 Å². The normalized spacial score (nSPS) is 15.5. The minimum Gasteiger partial charge on any atom is -0.494 e. The highest BCUT2D eigenvalue weighted by molar-refractivity contribution is 5.28. The van der Waals surface area contributed by atoms with E-state index in [2.05, 4.69) is 42.5 Å². The number of nitrogens with one attached hydrogen (secondary N) is 1. The first-order chi connectivity index (χ1) is 10.7. The summed E-state index contributed by atoms with van der Waals surface area (Å²) >= 11 is 0. The number of rotatable bonds is 10. The summed E-state index contributed by atoms with van der Waals surface area (Å²) in [6.45, 7) is 2.51. The van der Waals surface area contributed by atoms with E-state index in [9.17, 15) is 0 Å². The van der Waals surface area contributed by atoms with E-state index in [1.165, 1.54) is 18.4 Å². The fourth-order valence-corrected chi connectivity index (χ4v) is 2.70. The second-order valence-corrected chi connectivity index (χ2v) is 6.26. The summed E-state index contributed by atoms with van der Waals surface area (Å²) in [5.41, 5.74) is 1.24. The quantitative estimate of drug-likeness (QED) is 0.675. The molecular weight excluding hydrogens is 274 g/mol. The molecule has 1 atom stereocenters. The average molecular weight is 301 g/mol. The molecule has 22 heavy (non-hydrogen) atoms. The maximum absolute atomic E-state index is 8.51. The van der Waals surface area contributed by atoms with E-state index >= 15 is 0 Å². The van der Waals surface area contributed by atoms with E-state index in [1.807, 2.05) is 12.1 Å². The van der Waals surface area contributed by atoms with Crippen molar-refractivity contribution in [3.05, 3.63) is 29.8 Å². The number of nitriles is 1. The van der Waals surface area contributed by atoms with Gasteiger partial charge in [-0.15, -0.1) is 0 Å². The van der Waals surface area contributed by atoms with Crippen molar-refractivity contribution < 1.29 is 4.74 Å². The average Bonchev–Trinajstić information content (AvgIpc) is 3.33.